The van der Waals surface area contributed by atoms with Crippen LogP contribution >= 0.6 is 0 Å². The first-order valence-electron chi connectivity index (χ1n) is 8.75. The highest BCUT2D eigenvalue weighted by Crippen LogP contribution is 2.25. The maximum atomic E-state index is 5.23. The molecule has 4 rings (SSSR count). The molecule has 0 aliphatic carbocycles. The van der Waals surface area contributed by atoms with Crippen LogP contribution in [-0.4, -0.2) is 43.7 Å². The highest BCUT2D eigenvalue weighted by atomic mass is 16.5. The summed E-state index contributed by atoms with van der Waals surface area (Å²) >= 11 is 0. The summed E-state index contributed by atoms with van der Waals surface area (Å²) in [4.78, 5) is 0. The van der Waals surface area contributed by atoms with E-state index in [0.29, 0.717) is 5.65 Å². The van der Waals surface area contributed by atoms with E-state index in [1.807, 2.05) is 44.2 Å². The number of hydrogen-bond acceptors (Lipinski definition) is 6. The topological polar surface area (TPSA) is 93.0 Å². The molecule has 0 fully saturated rings. The lowest BCUT2D eigenvalue weighted by molar-refractivity contribution is 0.415. The number of nitrogens with one attached hydrogen (secondary N) is 2. The monoisotopic (exact) mass is 363 g/mol. The number of anilines is 1. The van der Waals surface area contributed by atoms with Crippen LogP contribution in [0.3, 0.4) is 0 Å². The molecule has 8 nitrogen and oxygen atoms in total. The molecule has 4 aromatic rings. The van der Waals surface area contributed by atoms with Crippen LogP contribution in [0, 0.1) is 13.8 Å². The molecular weight excluding hydrogens is 342 g/mol. The molecular formula is C19H21N7O. The van der Waals surface area contributed by atoms with E-state index in [4.69, 9.17) is 4.74 Å². The van der Waals surface area contributed by atoms with Crippen molar-refractivity contribution in [2.45, 2.75) is 20.3 Å². The van der Waals surface area contributed by atoms with E-state index in [0.717, 1.165) is 47.0 Å². The molecule has 0 saturated carbocycles. The van der Waals surface area contributed by atoms with E-state index in [-0.39, 0.29) is 0 Å². The smallest absolute Gasteiger partial charge is 0.200 e. The highest BCUT2D eigenvalue weighted by molar-refractivity contribution is 5.73. The third kappa shape index (κ3) is 3.33. The Morgan fingerprint density at radius 2 is 2.00 bits per heavy atom. The Labute approximate surface area is 156 Å². The van der Waals surface area contributed by atoms with Crippen LogP contribution in [0.25, 0.3) is 16.9 Å². The Hall–Kier alpha value is -3.42. The highest BCUT2D eigenvalue weighted by Gasteiger charge is 2.11. The Bertz CT molecular complexity index is 1050. The first-order valence-corrected chi connectivity index (χ1v) is 8.75. The Morgan fingerprint density at radius 1 is 1.19 bits per heavy atom. The van der Waals surface area contributed by atoms with Crippen molar-refractivity contribution in [1.82, 2.24) is 30.0 Å². The summed E-state index contributed by atoms with van der Waals surface area (Å²) in [6.45, 7) is 4.82. The van der Waals surface area contributed by atoms with Crippen molar-refractivity contribution in [3.8, 4) is 17.0 Å². The molecule has 8 heteroatoms. The average Bonchev–Trinajstić information content (AvgIpc) is 3.29. The van der Waals surface area contributed by atoms with E-state index in [1.54, 1.807) is 18.0 Å². The van der Waals surface area contributed by atoms with Crippen molar-refractivity contribution in [2.24, 2.45) is 0 Å². The first kappa shape index (κ1) is 17.0. The van der Waals surface area contributed by atoms with Crippen LogP contribution in [0.5, 0.6) is 5.75 Å². The van der Waals surface area contributed by atoms with Crippen molar-refractivity contribution < 1.29 is 4.74 Å². The zero-order chi connectivity index (χ0) is 18.8. The molecule has 138 valence electrons. The Kier molecular flexibility index (Phi) is 4.45. The maximum Gasteiger partial charge on any atom is 0.200 e. The van der Waals surface area contributed by atoms with Gasteiger partial charge in [-0.1, -0.05) is 0 Å². The number of ether oxygens (including phenoxy) is 1. The van der Waals surface area contributed by atoms with E-state index >= 15 is 0 Å². The summed E-state index contributed by atoms with van der Waals surface area (Å²) in [6.07, 6.45) is 2.48. The molecule has 0 unspecified atom stereocenters. The van der Waals surface area contributed by atoms with Gasteiger partial charge in [0.15, 0.2) is 0 Å². The SMILES string of the molecule is COc1ccc(-c2cc(NCCc3c(C)n[nH]c3C)c3nncn3n2)cc1. The number of aryl methyl sites for hydroxylation is 2. The molecule has 0 saturated heterocycles. The van der Waals surface area contributed by atoms with Crippen LogP contribution in [0.1, 0.15) is 17.0 Å². The quantitative estimate of drug-likeness (QED) is 0.547. The molecule has 0 aliphatic rings. The predicted molar refractivity (Wildman–Crippen MR) is 103 cm³/mol. The summed E-state index contributed by atoms with van der Waals surface area (Å²) < 4.78 is 6.92. The fraction of sp³-hybridized carbons (Fsp3) is 0.263. The van der Waals surface area contributed by atoms with Crippen LogP contribution < -0.4 is 10.1 Å². The van der Waals surface area contributed by atoms with Gasteiger partial charge >= 0.3 is 0 Å². The number of H-pyrrole nitrogens is 1. The van der Waals surface area contributed by atoms with Gasteiger partial charge in [-0.25, -0.2) is 0 Å². The minimum absolute atomic E-state index is 0.702. The third-order valence-electron chi connectivity index (χ3n) is 4.62. The minimum Gasteiger partial charge on any atom is -0.497 e. The normalized spacial score (nSPS) is 11.1. The van der Waals surface area contributed by atoms with E-state index < -0.39 is 0 Å². The number of benzene rings is 1. The molecule has 0 radical (unpaired) electrons. The fourth-order valence-electron chi connectivity index (χ4n) is 3.12. The van der Waals surface area contributed by atoms with Gasteiger partial charge in [0.25, 0.3) is 0 Å². The van der Waals surface area contributed by atoms with Crippen molar-refractivity contribution in [3.05, 3.63) is 53.6 Å². The second-order valence-corrected chi connectivity index (χ2v) is 6.36. The van der Waals surface area contributed by atoms with Gasteiger partial charge in [0.05, 0.1) is 24.2 Å². The molecule has 1 aromatic carbocycles. The van der Waals surface area contributed by atoms with E-state index in [9.17, 15) is 0 Å². The molecule has 0 bridgehead atoms. The maximum absolute atomic E-state index is 5.23. The largest absolute Gasteiger partial charge is 0.497 e. The van der Waals surface area contributed by atoms with Gasteiger partial charge in [-0.15, -0.1) is 10.2 Å². The Balaban J connectivity index is 1.60. The van der Waals surface area contributed by atoms with Gasteiger partial charge in [0.1, 0.15) is 12.1 Å². The molecule has 0 atom stereocenters. The van der Waals surface area contributed by atoms with Crippen LogP contribution in [-0.2, 0) is 6.42 Å². The third-order valence-corrected chi connectivity index (χ3v) is 4.62. The lowest BCUT2D eigenvalue weighted by Crippen LogP contribution is -2.08. The molecule has 3 aromatic heterocycles. The minimum atomic E-state index is 0.702. The standard InChI is InChI=1S/C19H21N7O/c1-12-16(13(2)23-22-12)8-9-20-18-10-17(25-26-11-21-24-19(18)26)14-4-6-15(27-3)7-5-14/h4-7,10-11,20H,8-9H2,1-3H3,(H,22,23). The molecule has 27 heavy (non-hydrogen) atoms. The van der Waals surface area contributed by atoms with Crippen molar-refractivity contribution >= 4 is 11.3 Å². The van der Waals surface area contributed by atoms with Gasteiger partial charge in [0.2, 0.25) is 5.65 Å². The van der Waals surface area contributed by atoms with Crippen LogP contribution in [0.15, 0.2) is 36.7 Å². The number of aromatic amines is 1. The van der Waals surface area contributed by atoms with Gasteiger partial charge in [-0.05, 0) is 56.2 Å². The lowest BCUT2D eigenvalue weighted by Gasteiger charge is -2.10. The molecule has 2 N–H and O–H groups in total. The zero-order valence-corrected chi connectivity index (χ0v) is 15.5. The first-order chi connectivity index (χ1) is 13.2. The molecule has 0 amide bonds. The van der Waals surface area contributed by atoms with Crippen molar-refractivity contribution in [2.75, 3.05) is 19.0 Å². The number of rotatable bonds is 6. The van der Waals surface area contributed by atoms with Crippen molar-refractivity contribution in [3.63, 3.8) is 0 Å². The van der Waals surface area contributed by atoms with E-state index in [2.05, 4.69) is 30.8 Å². The van der Waals surface area contributed by atoms with Gasteiger partial charge in [0, 0.05) is 17.8 Å². The molecule has 0 aliphatic heterocycles. The number of nitrogens with zero attached hydrogens (tertiary/aromatic N) is 5. The van der Waals surface area contributed by atoms with Crippen LogP contribution in [0.4, 0.5) is 5.69 Å². The second-order valence-electron chi connectivity index (χ2n) is 6.36. The van der Waals surface area contributed by atoms with Crippen molar-refractivity contribution in [1.29, 1.82) is 0 Å². The number of fused-ring (bicyclic) bond motifs is 1. The summed E-state index contributed by atoms with van der Waals surface area (Å²) in [7, 11) is 1.65. The molecule has 0 spiro atoms. The summed E-state index contributed by atoms with van der Waals surface area (Å²) in [6, 6.07) is 9.81. The second kappa shape index (κ2) is 7.06. The zero-order valence-electron chi connectivity index (χ0n) is 15.5. The van der Waals surface area contributed by atoms with Crippen LogP contribution in [0.2, 0.25) is 0 Å². The summed E-state index contributed by atoms with van der Waals surface area (Å²) in [5.41, 5.74) is 6.81. The number of aromatic nitrogens is 6. The average molecular weight is 363 g/mol. The van der Waals surface area contributed by atoms with Gasteiger partial charge in [-0.3, -0.25) is 5.10 Å². The van der Waals surface area contributed by atoms with E-state index in [1.165, 1.54) is 5.56 Å². The summed E-state index contributed by atoms with van der Waals surface area (Å²) in [5.74, 6) is 0.813. The van der Waals surface area contributed by atoms with Gasteiger partial charge < -0.3 is 10.1 Å². The lowest BCUT2D eigenvalue weighted by atomic mass is 10.1. The summed E-state index contributed by atoms with van der Waals surface area (Å²) in [5, 5.41) is 23.5. The number of hydrogen-bond donors (Lipinski definition) is 2. The fourth-order valence-corrected chi connectivity index (χ4v) is 3.12. The number of methoxy groups -OCH3 is 1. The predicted octanol–water partition coefficient (Wildman–Crippen LogP) is 2.79. The van der Waals surface area contributed by atoms with Gasteiger partial charge in [-0.2, -0.15) is 14.7 Å². The molecule has 3 heterocycles. The Morgan fingerprint density at radius 3 is 2.70 bits per heavy atom.